The maximum absolute atomic E-state index is 13.1. The highest BCUT2D eigenvalue weighted by atomic mass is 19.2. The third-order valence-corrected chi connectivity index (χ3v) is 3.85. The van der Waals surface area contributed by atoms with Crippen LogP contribution < -0.4 is 10.6 Å². The first-order chi connectivity index (χ1) is 11.9. The lowest BCUT2D eigenvalue weighted by Crippen LogP contribution is -2.42. The molecule has 1 aromatic carbocycles. The molecule has 0 bridgehead atoms. The molecule has 138 valence electrons. The Bertz CT molecular complexity index is 607. The molecule has 8 heteroatoms. The molecule has 6 nitrogen and oxygen atoms in total. The van der Waals surface area contributed by atoms with Gasteiger partial charge in [0, 0.05) is 24.9 Å². The molecule has 0 aliphatic carbocycles. The summed E-state index contributed by atoms with van der Waals surface area (Å²) in [5, 5.41) is 4.89. The summed E-state index contributed by atoms with van der Waals surface area (Å²) < 4.78 is 31.5. The number of carbonyl (C=O) groups excluding carboxylic acids is 2. The van der Waals surface area contributed by atoms with Gasteiger partial charge < -0.3 is 15.4 Å². The molecule has 2 amide bonds. The first kappa shape index (κ1) is 19.3. The van der Waals surface area contributed by atoms with Gasteiger partial charge in [0.2, 0.25) is 11.8 Å². The number of rotatable bonds is 7. The van der Waals surface area contributed by atoms with Crippen LogP contribution in [-0.4, -0.2) is 56.1 Å². The number of nitrogens with one attached hydrogen (secondary N) is 2. The van der Waals surface area contributed by atoms with Gasteiger partial charge in [0.25, 0.3) is 0 Å². The molecule has 1 heterocycles. The predicted molar refractivity (Wildman–Crippen MR) is 89.1 cm³/mol. The molecule has 1 aliphatic heterocycles. The fourth-order valence-corrected chi connectivity index (χ4v) is 2.62. The van der Waals surface area contributed by atoms with Gasteiger partial charge in [-0.3, -0.25) is 14.5 Å². The van der Waals surface area contributed by atoms with Gasteiger partial charge in [-0.1, -0.05) is 0 Å². The topological polar surface area (TPSA) is 70.7 Å². The van der Waals surface area contributed by atoms with Gasteiger partial charge in [-0.25, -0.2) is 8.78 Å². The molecule has 0 spiro atoms. The van der Waals surface area contributed by atoms with Crippen LogP contribution in [-0.2, 0) is 14.3 Å². The zero-order chi connectivity index (χ0) is 18.2. The monoisotopic (exact) mass is 355 g/mol. The molecule has 0 aromatic heterocycles. The lowest BCUT2D eigenvalue weighted by atomic mass is 10.1. The number of hydrogen-bond acceptors (Lipinski definition) is 4. The lowest BCUT2D eigenvalue weighted by molar-refractivity contribution is -0.125. The normalized spacial score (nSPS) is 17.4. The van der Waals surface area contributed by atoms with E-state index in [0.717, 1.165) is 38.0 Å². The summed E-state index contributed by atoms with van der Waals surface area (Å²) in [6.45, 7) is 1.33. The smallest absolute Gasteiger partial charge is 0.243 e. The van der Waals surface area contributed by atoms with Gasteiger partial charge in [-0.15, -0.1) is 0 Å². The maximum Gasteiger partial charge on any atom is 0.243 e. The fraction of sp³-hybridized carbons (Fsp3) is 0.529. The number of amides is 2. The Kier molecular flexibility index (Phi) is 7.27. The molecule has 2 rings (SSSR count). The largest absolute Gasteiger partial charge is 0.377 e. The molecule has 1 atom stereocenters. The van der Waals surface area contributed by atoms with Gasteiger partial charge in [0.1, 0.15) is 0 Å². The van der Waals surface area contributed by atoms with E-state index < -0.39 is 17.5 Å². The summed E-state index contributed by atoms with van der Waals surface area (Å²) in [7, 11) is 1.82. The number of hydrogen-bond donors (Lipinski definition) is 2. The van der Waals surface area contributed by atoms with E-state index in [0.29, 0.717) is 6.54 Å². The number of anilines is 1. The Balaban J connectivity index is 1.67. The van der Waals surface area contributed by atoms with Crippen LogP contribution in [0.4, 0.5) is 14.5 Å². The second-order valence-electron chi connectivity index (χ2n) is 6.14. The van der Waals surface area contributed by atoms with Crippen molar-refractivity contribution in [3.63, 3.8) is 0 Å². The van der Waals surface area contributed by atoms with Crippen molar-refractivity contribution in [3.8, 4) is 0 Å². The summed E-state index contributed by atoms with van der Waals surface area (Å²) in [5.74, 6) is -2.85. The Morgan fingerprint density at radius 2 is 2.04 bits per heavy atom. The number of carbonyl (C=O) groups is 2. The van der Waals surface area contributed by atoms with E-state index in [1.54, 1.807) is 0 Å². The molecule has 0 saturated carbocycles. The highest BCUT2D eigenvalue weighted by Crippen LogP contribution is 2.13. The van der Waals surface area contributed by atoms with Crippen molar-refractivity contribution in [2.75, 3.05) is 38.6 Å². The molecule has 1 saturated heterocycles. The highest BCUT2D eigenvalue weighted by molar-refractivity contribution is 5.94. The van der Waals surface area contributed by atoms with E-state index >= 15 is 0 Å². The molecule has 1 fully saturated rings. The zero-order valence-electron chi connectivity index (χ0n) is 14.2. The standard InChI is InChI=1S/C17H23F2N3O3/c1-22(10-13-4-2-3-7-25-13)11-17(24)20-9-16(23)21-12-5-6-14(18)15(19)8-12/h5-6,8,13H,2-4,7,9-11H2,1H3,(H,20,24)(H,21,23). The molecular formula is C17H23F2N3O3. The van der Waals surface area contributed by atoms with Crippen LogP contribution in [0.2, 0.25) is 0 Å². The second-order valence-corrected chi connectivity index (χ2v) is 6.14. The molecular weight excluding hydrogens is 332 g/mol. The Morgan fingerprint density at radius 3 is 2.72 bits per heavy atom. The van der Waals surface area contributed by atoms with Crippen molar-refractivity contribution in [1.82, 2.24) is 10.2 Å². The average molecular weight is 355 g/mol. The van der Waals surface area contributed by atoms with Gasteiger partial charge >= 0.3 is 0 Å². The van der Waals surface area contributed by atoms with Crippen molar-refractivity contribution < 1.29 is 23.1 Å². The minimum atomic E-state index is -1.05. The van der Waals surface area contributed by atoms with Crippen molar-refractivity contribution >= 4 is 17.5 Å². The number of likely N-dealkylation sites (N-methyl/N-ethyl adjacent to an activating group) is 1. The summed E-state index contributed by atoms with van der Waals surface area (Å²) in [5.41, 5.74) is 0.129. The van der Waals surface area contributed by atoms with E-state index in [9.17, 15) is 18.4 Å². The quantitative estimate of drug-likeness (QED) is 0.778. The van der Waals surface area contributed by atoms with Gasteiger partial charge in [0.05, 0.1) is 19.2 Å². The lowest BCUT2D eigenvalue weighted by Gasteiger charge is -2.27. The van der Waals surface area contributed by atoms with E-state index in [-0.39, 0.29) is 30.8 Å². The minimum Gasteiger partial charge on any atom is -0.377 e. The van der Waals surface area contributed by atoms with Gasteiger partial charge in [-0.2, -0.15) is 0 Å². The first-order valence-electron chi connectivity index (χ1n) is 8.26. The molecule has 1 unspecified atom stereocenters. The van der Waals surface area contributed by atoms with Gasteiger partial charge in [0.15, 0.2) is 11.6 Å². The zero-order valence-corrected chi connectivity index (χ0v) is 14.2. The Hall–Kier alpha value is -2.06. The second kappa shape index (κ2) is 9.43. The van der Waals surface area contributed by atoms with Crippen molar-refractivity contribution in [3.05, 3.63) is 29.8 Å². The SMILES string of the molecule is CN(CC(=O)NCC(=O)Nc1ccc(F)c(F)c1)CC1CCCCO1. The number of benzene rings is 1. The third-order valence-electron chi connectivity index (χ3n) is 3.85. The van der Waals surface area contributed by atoms with Crippen LogP contribution in [0.3, 0.4) is 0 Å². The number of halogens is 2. The van der Waals surface area contributed by atoms with Crippen molar-refractivity contribution in [1.29, 1.82) is 0 Å². The van der Waals surface area contributed by atoms with Crippen LogP contribution >= 0.6 is 0 Å². The van der Waals surface area contributed by atoms with Crippen LogP contribution in [0.15, 0.2) is 18.2 Å². The molecule has 1 aliphatic rings. The highest BCUT2D eigenvalue weighted by Gasteiger charge is 2.17. The van der Waals surface area contributed by atoms with Crippen LogP contribution in [0.1, 0.15) is 19.3 Å². The summed E-state index contributed by atoms with van der Waals surface area (Å²) in [6.07, 6.45) is 3.34. The Morgan fingerprint density at radius 1 is 1.24 bits per heavy atom. The number of nitrogens with zero attached hydrogens (tertiary/aromatic N) is 1. The van der Waals surface area contributed by atoms with E-state index in [4.69, 9.17) is 4.74 Å². The Labute approximate surface area is 145 Å². The molecule has 1 aromatic rings. The van der Waals surface area contributed by atoms with Crippen molar-refractivity contribution in [2.24, 2.45) is 0 Å². The summed E-state index contributed by atoms with van der Waals surface area (Å²) >= 11 is 0. The van der Waals surface area contributed by atoms with Gasteiger partial charge in [-0.05, 0) is 38.4 Å². The first-order valence-corrected chi connectivity index (χ1v) is 8.26. The average Bonchev–Trinajstić information content (AvgIpc) is 2.57. The van der Waals surface area contributed by atoms with E-state index in [1.165, 1.54) is 6.07 Å². The van der Waals surface area contributed by atoms with E-state index in [1.807, 2.05) is 11.9 Å². The molecule has 25 heavy (non-hydrogen) atoms. The number of ether oxygens (including phenoxy) is 1. The minimum absolute atomic E-state index is 0.129. The summed E-state index contributed by atoms with van der Waals surface area (Å²) in [6, 6.07) is 3.05. The fourth-order valence-electron chi connectivity index (χ4n) is 2.62. The molecule has 2 N–H and O–H groups in total. The maximum atomic E-state index is 13.1. The van der Waals surface area contributed by atoms with Crippen LogP contribution in [0.25, 0.3) is 0 Å². The third kappa shape index (κ3) is 6.75. The predicted octanol–water partition coefficient (Wildman–Crippen LogP) is 1.52. The van der Waals surface area contributed by atoms with Crippen LogP contribution in [0, 0.1) is 11.6 Å². The van der Waals surface area contributed by atoms with E-state index in [2.05, 4.69) is 10.6 Å². The van der Waals surface area contributed by atoms with Crippen LogP contribution in [0.5, 0.6) is 0 Å². The summed E-state index contributed by atoms with van der Waals surface area (Å²) in [4.78, 5) is 25.5. The molecule has 0 radical (unpaired) electrons. The van der Waals surface area contributed by atoms with Crippen molar-refractivity contribution in [2.45, 2.75) is 25.4 Å².